The minimum atomic E-state index is -0.731. The van der Waals surface area contributed by atoms with Gasteiger partial charge in [-0.3, -0.25) is 4.79 Å². The largest absolute Gasteiger partial charge is 0.465 e. The minimum Gasteiger partial charge on any atom is -0.465 e. The van der Waals surface area contributed by atoms with E-state index in [-0.39, 0.29) is 12.4 Å². The monoisotopic (exact) mass is 198 g/mol. The molecule has 0 aromatic heterocycles. The van der Waals surface area contributed by atoms with Crippen LogP contribution in [0.4, 0.5) is 0 Å². The smallest absolute Gasteiger partial charge is 0.333 e. The van der Waals surface area contributed by atoms with E-state index in [1.54, 1.807) is 13.8 Å². The molecule has 4 heteroatoms. The highest BCUT2D eigenvalue weighted by Crippen LogP contribution is 2.25. The van der Waals surface area contributed by atoms with E-state index < -0.39 is 11.6 Å². The SMILES string of the molecule is C=C(C)C(=O)O[C@@]1(C)CCOC(=O)C1. The van der Waals surface area contributed by atoms with Crippen LogP contribution in [0.3, 0.4) is 0 Å². The first-order valence-electron chi connectivity index (χ1n) is 4.47. The quantitative estimate of drug-likeness (QED) is 0.494. The molecule has 0 aromatic rings. The second-order valence-corrected chi connectivity index (χ2v) is 3.77. The van der Waals surface area contributed by atoms with Crippen LogP contribution in [0.1, 0.15) is 26.7 Å². The Bertz CT molecular complexity index is 282. The summed E-state index contributed by atoms with van der Waals surface area (Å²) >= 11 is 0. The average Bonchev–Trinajstić information content (AvgIpc) is 2.02. The molecule has 1 heterocycles. The molecule has 1 aliphatic rings. The fourth-order valence-electron chi connectivity index (χ4n) is 1.22. The molecule has 78 valence electrons. The maximum absolute atomic E-state index is 11.2. The first-order chi connectivity index (χ1) is 6.43. The predicted octanol–water partition coefficient (Wildman–Crippen LogP) is 1.20. The summed E-state index contributed by atoms with van der Waals surface area (Å²) in [6, 6.07) is 0. The topological polar surface area (TPSA) is 52.6 Å². The number of carbonyl (C=O) groups is 2. The zero-order valence-corrected chi connectivity index (χ0v) is 8.46. The van der Waals surface area contributed by atoms with E-state index in [1.807, 2.05) is 0 Å². The molecule has 1 rings (SSSR count). The molecule has 0 aliphatic carbocycles. The number of esters is 2. The molecule has 0 saturated carbocycles. The van der Waals surface area contributed by atoms with Gasteiger partial charge < -0.3 is 9.47 Å². The van der Waals surface area contributed by atoms with Crippen molar-refractivity contribution in [2.45, 2.75) is 32.3 Å². The van der Waals surface area contributed by atoms with Crippen molar-refractivity contribution in [2.75, 3.05) is 6.61 Å². The van der Waals surface area contributed by atoms with Gasteiger partial charge in [-0.25, -0.2) is 4.79 Å². The van der Waals surface area contributed by atoms with Gasteiger partial charge in [-0.05, 0) is 13.8 Å². The second kappa shape index (κ2) is 3.82. The van der Waals surface area contributed by atoms with E-state index in [4.69, 9.17) is 9.47 Å². The van der Waals surface area contributed by atoms with Gasteiger partial charge >= 0.3 is 11.9 Å². The highest BCUT2D eigenvalue weighted by Gasteiger charge is 2.36. The van der Waals surface area contributed by atoms with E-state index in [9.17, 15) is 9.59 Å². The molecule has 4 nitrogen and oxygen atoms in total. The molecule has 1 saturated heterocycles. The third-order valence-electron chi connectivity index (χ3n) is 2.10. The minimum absolute atomic E-state index is 0.117. The lowest BCUT2D eigenvalue weighted by atomic mass is 9.96. The van der Waals surface area contributed by atoms with E-state index in [0.29, 0.717) is 18.6 Å². The molecule has 0 N–H and O–H groups in total. The summed E-state index contributed by atoms with van der Waals surface area (Å²) in [6.45, 7) is 7.09. The summed E-state index contributed by atoms with van der Waals surface area (Å²) < 4.78 is 9.93. The Kier molecular flexibility index (Phi) is 2.93. The van der Waals surface area contributed by atoms with Crippen molar-refractivity contribution in [3.05, 3.63) is 12.2 Å². The maximum Gasteiger partial charge on any atom is 0.333 e. The molecule has 1 fully saturated rings. The van der Waals surface area contributed by atoms with Gasteiger partial charge in [-0.15, -0.1) is 0 Å². The molecule has 0 spiro atoms. The van der Waals surface area contributed by atoms with E-state index in [2.05, 4.69) is 6.58 Å². The van der Waals surface area contributed by atoms with Crippen LogP contribution in [-0.4, -0.2) is 24.1 Å². The van der Waals surface area contributed by atoms with E-state index in [1.165, 1.54) is 0 Å². The summed E-state index contributed by atoms with van der Waals surface area (Å²) in [4.78, 5) is 22.2. The summed E-state index contributed by atoms with van der Waals surface area (Å²) in [6.07, 6.45) is 0.657. The Balaban J connectivity index is 2.61. The van der Waals surface area contributed by atoms with Crippen LogP contribution in [0.15, 0.2) is 12.2 Å². The lowest BCUT2D eigenvalue weighted by molar-refractivity contribution is -0.172. The number of hydrogen-bond donors (Lipinski definition) is 0. The van der Waals surface area contributed by atoms with Crippen LogP contribution in [0.25, 0.3) is 0 Å². The van der Waals surface area contributed by atoms with Gasteiger partial charge in [0.1, 0.15) is 5.60 Å². The molecule has 0 aromatic carbocycles. The third-order valence-corrected chi connectivity index (χ3v) is 2.10. The third kappa shape index (κ3) is 2.58. The Morgan fingerprint density at radius 1 is 1.64 bits per heavy atom. The van der Waals surface area contributed by atoms with Crippen LogP contribution in [0.5, 0.6) is 0 Å². The summed E-state index contributed by atoms with van der Waals surface area (Å²) in [5.74, 6) is -0.782. The molecule has 0 unspecified atom stereocenters. The van der Waals surface area contributed by atoms with E-state index >= 15 is 0 Å². The van der Waals surface area contributed by atoms with Crippen LogP contribution < -0.4 is 0 Å². The average molecular weight is 198 g/mol. The van der Waals surface area contributed by atoms with Crippen molar-refractivity contribution >= 4 is 11.9 Å². The van der Waals surface area contributed by atoms with Crippen LogP contribution in [0.2, 0.25) is 0 Å². The fourth-order valence-corrected chi connectivity index (χ4v) is 1.22. The number of hydrogen-bond acceptors (Lipinski definition) is 4. The Labute approximate surface area is 82.9 Å². The van der Waals surface area contributed by atoms with Gasteiger partial charge in [0.2, 0.25) is 0 Å². The standard InChI is InChI=1S/C10H14O4/c1-7(2)9(12)14-10(3)4-5-13-8(11)6-10/h1,4-6H2,2-3H3/t10-/m0/s1. The lowest BCUT2D eigenvalue weighted by Crippen LogP contribution is -2.40. The van der Waals surface area contributed by atoms with E-state index in [0.717, 1.165) is 0 Å². The van der Waals surface area contributed by atoms with Gasteiger partial charge in [-0.1, -0.05) is 6.58 Å². The summed E-state index contributed by atoms with van der Waals surface area (Å²) in [5, 5.41) is 0. The molecule has 1 aliphatic heterocycles. The van der Waals surface area contributed by atoms with Crippen LogP contribution in [0, 0.1) is 0 Å². The normalized spacial score (nSPS) is 26.6. The van der Waals surface area contributed by atoms with Gasteiger partial charge in [0.15, 0.2) is 0 Å². The second-order valence-electron chi connectivity index (χ2n) is 3.77. The van der Waals surface area contributed by atoms with Crippen molar-refractivity contribution in [1.29, 1.82) is 0 Å². The molecular weight excluding hydrogens is 184 g/mol. The Morgan fingerprint density at radius 3 is 2.79 bits per heavy atom. The molecule has 1 atom stereocenters. The van der Waals surface area contributed by atoms with Crippen LogP contribution >= 0.6 is 0 Å². The van der Waals surface area contributed by atoms with Crippen LogP contribution in [-0.2, 0) is 19.1 Å². The molecule has 0 amide bonds. The van der Waals surface area contributed by atoms with Crippen molar-refractivity contribution in [1.82, 2.24) is 0 Å². The Hall–Kier alpha value is -1.32. The molecule has 0 radical (unpaired) electrons. The van der Waals surface area contributed by atoms with Gasteiger partial charge in [-0.2, -0.15) is 0 Å². The molecular formula is C10H14O4. The zero-order valence-electron chi connectivity index (χ0n) is 8.46. The van der Waals surface area contributed by atoms with Gasteiger partial charge in [0.25, 0.3) is 0 Å². The highest BCUT2D eigenvalue weighted by molar-refractivity contribution is 5.87. The number of rotatable bonds is 2. The van der Waals surface area contributed by atoms with Crippen molar-refractivity contribution in [3.63, 3.8) is 0 Å². The molecule has 0 bridgehead atoms. The van der Waals surface area contributed by atoms with Crippen molar-refractivity contribution in [2.24, 2.45) is 0 Å². The fraction of sp³-hybridized carbons (Fsp3) is 0.600. The molecule has 14 heavy (non-hydrogen) atoms. The predicted molar refractivity (Wildman–Crippen MR) is 49.5 cm³/mol. The number of ether oxygens (including phenoxy) is 2. The summed E-state index contributed by atoms with van der Waals surface area (Å²) in [5.41, 5.74) is -0.393. The maximum atomic E-state index is 11.2. The lowest BCUT2D eigenvalue weighted by Gasteiger charge is -2.32. The van der Waals surface area contributed by atoms with Gasteiger partial charge in [0, 0.05) is 12.0 Å². The highest BCUT2D eigenvalue weighted by atomic mass is 16.6. The first-order valence-corrected chi connectivity index (χ1v) is 4.47. The van der Waals surface area contributed by atoms with Crippen molar-refractivity contribution in [3.8, 4) is 0 Å². The Morgan fingerprint density at radius 2 is 2.29 bits per heavy atom. The first kappa shape index (κ1) is 10.8. The number of cyclic esters (lactones) is 1. The van der Waals surface area contributed by atoms with Crippen molar-refractivity contribution < 1.29 is 19.1 Å². The van der Waals surface area contributed by atoms with Gasteiger partial charge in [0.05, 0.1) is 13.0 Å². The number of carbonyl (C=O) groups excluding carboxylic acids is 2. The summed E-state index contributed by atoms with van der Waals surface area (Å²) in [7, 11) is 0. The zero-order chi connectivity index (χ0) is 10.8.